The first kappa shape index (κ1) is 24.7. The molecule has 35 heavy (non-hydrogen) atoms. The van der Waals surface area contributed by atoms with Crippen LogP contribution in [0.25, 0.3) is 0 Å². The van der Waals surface area contributed by atoms with Gasteiger partial charge in [0.2, 0.25) is 5.91 Å². The molecular formula is C23H32N6O6. The molecule has 0 saturated carbocycles. The summed E-state index contributed by atoms with van der Waals surface area (Å²) in [5, 5.41) is 12.9. The highest BCUT2D eigenvalue weighted by atomic mass is 16.5. The van der Waals surface area contributed by atoms with E-state index in [0.29, 0.717) is 49.1 Å². The molecule has 3 aliphatic heterocycles. The summed E-state index contributed by atoms with van der Waals surface area (Å²) in [4.78, 5) is 53.2. The van der Waals surface area contributed by atoms with Crippen molar-refractivity contribution in [3.05, 3.63) is 23.8 Å². The van der Waals surface area contributed by atoms with Crippen LogP contribution < -0.4 is 20.4 Å². The Balaban J connectivity index is 1.29. The largest absolute Gasteiger partial charge is 0.495 e. The minimum Gasteiger partial charge on any atom is -0.495 e. The number of amides is 5. The predicted molar refractivity (Wildman–Crippen MR) is 126 cm³/mol. The number of nitrogens with zero attached hydrogens (tertiary/aromatic N) is 4. The van der Waals surface area contributed by atoms with Crippen molar-refractivity contribution in [2.45, 2.75) is 19.3 Å². The van der Waals surface area contributed by atoms with E-state index in [1.165, 1.54) is 12.0 Å². The van der Waals surface area contributed by atoms with Crippen LogP contribution in [0.15, 0.2) is 18.2 Å². The summed E-state index contributed by atoms with van der Waals surface area (Å²) in [6.07, 6.45) is 1.06. The second kappa shape index (κ2) is 10.9. The monoisotopic (exact) mass is 488 g/mol. The van der Waals surface area contributed by atoms with Gasteiger partial charge in [0.05, 0.1) is 12.8 Å². The Kier molecular flexibility index (Phi) is 7.71. The Morgan fingerprint density at radius 1 is 1.09 bits per heavy atom. The highest BCUT2D eigenvalue weighted by molar-refractivity contribution is 6.06. The second-order valence-electron chi connectivity index (χ2n) is 9.08. The minimum absolute atomic E-state index is 0.0826. The van der Waals surface area contributed by atoms with Crippen molar-refractivity contribution in [3.63, 3.8) is 0 Å². The summed E-state index contributed by atoms with van der Waals surface area (Å²) in [5.74, 6) is 0.531. The molecule has 12 nitrogen and oxygen atoms in total. The number of carboxylic acid groups (broad SMARTS) is 1. The zero-order valence-corrected chi connectivity index (χ0v) is 19.9. The fraction of sp³-hybridized carbons (Fsp3) is 0.565. The Morgan fingerprint density at radius 2 is 1.80 bits per heavy atom. The first-order valence-electron chi connectivity index (χ1n) is 11.9. The summed E-state index contributed by atoms with van der Waals surface area (Å²) < 4.78 is 5.46. The third-order valence-electron chi connectivity index (χ3n) is 6.82. The number of imide groups is 1. The molecule has 0 spiro atoms. The molecular weight excluding hydrogens is 456 g/mol. The molecule has 12 heteroatoms. The summed E-state index contributed by atoms with van der Waals surface area (Å²) in [6, 6.07) is 4.52. The number of ether oxygens (including phenoxy) is 1. The third-order valence-corrected chi connectivity index (χ3v) is 6.82. The topological polar surface area (TPSA) is 135 Å². The number of piperazine rings is 1. The normalized spacial score (nSPS) is 20.5. The molecule has 3 aliphatic rings. The van der Waals surface area contributed by atoms with E-state index < -0.39 is 12.1 Å². The van der Waals surface area contributed by atoms with Crippen LogP contribution in [-0.2, 0) is 4.79 Å². The van der Waals surface area contributed by atoms with Gasteiger partial charge < -0.3 is 14.7 Å². The van der Waals surface area contributed by atoms with Crippen molar-refractivity contribution in [2.75, 3.05) is 64.4 Å². The standard InChI is InChI=1S/C23H32N6O6/c1-35-19-14-17(2-3-18(19)29-9-6-20(30)24-22(29)32)21(31)27-12-10-26(11-13-27)15-16-4-7-28(8-5-16)25-23(33)34/h2-3,14,16,25H,4-13,15H2,1H3,(H,33,34)(H,24,30,32). The van der Waals surface area contributed by atoms with E-state index in [2.05, 4.69) is 15.6 Å². The van der Waals surface area contributed by atoms with E-state index in [-0.39, 0.29) is 24.8 Å². The lowest BCUT2D eigenvalue weighted by Crippen LogP contribution is -2.51. The van der Waals surface area contributed by atoms with E-state index in [0.717, 1.165) is 32.5 Å². The maximum absolute atomic E-state index is 13.1. The number of carbonyl (C=O) groups excluding carboxylic acids is 3. The molecule has 5 amide bonds. The van der Waals surface area contributed by atoms with Crippen molar-refractivity contribution >= 4 is 29.6 Å². The van der Waals surface area contributed by atoms with E-state index in [1.807, 2.05) is 4.90 Å². The lowest BCUT2D eigenvalue weighted by atomic mass is 9.97. The predicted octanol–water partition coefficient (Wildman–Crippen LogP) is 0.794. The Hall–Kier alpha value is -3.38. The molecule has 1 aromatic carbocycles. The minimum atomic E-state index is -1.02. The Bertz CT molecular complexity index is 971. The van der Waals surface area contributed by atoms with Crippen molar-refractivity contribution in [2.24, 2.45) is 5.92 Å². The molecule has 190 valence electrons. The van der Waals surface area contributed by atoms with Gasteiger partial charge in [-0.3, -0.25) is 30.1 Å². The zero-order chi connectivity index (χ0) is 24.9. The van der Waals surface area contributed by atoms with Gasteiger partial charge in [-0.05, 0) is 37.0 Å². The first-order valence-corrected chi connectivity index (χ1v) is 11.9. The van der Waals surface area contributed by atoms with E-state index in [4.69, 9.17) is 9.84 Å². The number of benzene rings is 1. The van der Waals surface area contributed by atoms with E-state index in [9.17, 15) is 19.2 Å². The summed E-state index contributed by atoms with van der Waals surface area (Å²) in [6.45, 7) is 5.45. The molecule has 0 bridgehead atoms. The van der Waals surface area contributed by atoms with Gasteiger partial charge in [-0.15, -0.1) is 0 Å². The number of nitrogens with one attached hydrogen (secondary N) is 2. The van der Waals surface area contributed by atoms with Crippen LogP contribution in [0.1, 0.15) is 29.6 Å². The number of anilines is 1. The molecule has 0 atom stereocenters. The maximum atomic E-state index is 13.1. The molecule has 0 radical (unpaired) electrons. The summed E-state index contributed by atoms with van der Waals surface area (Å²) in [7, 11) is 1.49. The first-order chi connectivity index (χ1) is 16.8. The number of piperidine rings is 1. The number of carbonyl (C=O) groups is 4. The van der Waals surface area contributed by atoms with Gasteiger partial charge in [0, 0.05) is 64.3 Å². The fourth-order valence-corrected chi connectivity index (χ4v) is 4.87. The van der Waals surface area contributed by atoms with Crippen LogP contribution in [0.5, 0.6) is 5.75 Å². The maximum Gasteiger partial charge on any atom is 0.419 e. The Morgan fingerprint density at radius 3 is 2.43 bits per heavy atom. The quantitative estimate of drug-likeness (QED) is 0.535. The fourth-order valence-electron chi connectivity index (χ4n) is 4.87. The molecule has 4 rings (SSSR count). The highest BCUT2D eigenvalue weighted by Gasteiger charge is 2.29. The van der Waals surface area contributed by atoms with Gasteiger partial charge in [-0.2, -0.15) is 0 Å². The molecule has 0 aromatic heterocycles. The lowest BCUT2D eigenvalue weighted by Gasteiger charge is -2.38. The third kappa shape index (κ3) is 6.01. The summed E-state index contributed by atoms with van der Waals surface area (Å²) in [5.41, 5.74) is 3.43. The van der Waals surface area contributed by atoms with Crippen LogP contribution in [0.3, 0.4) is 0 Å². The van der Waals surface area contributed by atoms with Crippen LogP contribution in [0.4, 0.5) is 15.3 Å². The Labute approximate surface area is 203 Å². The number of hydrogen-bond donors (Lipinski definition) is 3. The number of urea groups is 1. The van der Waals surface area contributed by atoms with E-state index in [1.54, 1.807) is 23.2 Å². The van der Waals surface area contributed by atoms with Gasteiger partial charge in [-0.25, -0.2) is 14.6 Å². The molecule has 0 unspecified atom stereocenters. The van der Waals surface area contributed by atoms with Gasteiger partial charge in [0.25, 0.3) is 5.91 Å². The number of hydrazine groups is 1. The van der Waals surface area contributed by atoms with Crippen LogP contribution in [-0.4, -0.2) is 103 Å². The molecule has 3 fully saturated rings. The average Bonchev–Trinajstić information content (AvgIpc) is 2.85. The van der Waals surface area contributed by atoms with Crippen molar-refractivity contribution in [1.29, 1.82) is 0 Å². The van der Waals surface area contributed by atoms with Crippen molar-refractivity contribution in [1.82, 2.24) is 25.6 Å². The van der Waals surface area contributed by atoms with Crippen molar-refractivity contribution in [3.8, 4) is 5.75 Å². The van der Waals surface area contributed by atoms with Gasteiger partial charge in [0.15, 0.2) is 0 Å². The number of rotatable bonds is 6. The second-order valence-corrected chi connectivity index (χ2v) is 9.08. The molecule has 3 N–H and O–H groups in total. The molecule has 0 aliphatic carbocycles. The van der Waals surface area contributed by atoms with Gasteiger partial charge in [0.1, 0.15) is 5.75 Å². The number of methoxy groups -OCH3 is 1. The highest BCUT2D eigenvalue weighted by Crippen LogP contribution is 2.31. The smallest absolute Gasteiger partial charge is 0.419 e. The molecule has 1 aromatic rings. The average molecular weight is 489 g/mol. The van der Waals surface area contributed by atoms with Crippen LogP contribution in [0.2, 0.25) is 0 Å². The van der Waals surface area contributed by atoms with Gasteiger partial charge >= 0.3 is 12.1 Å². The van der Waals surface area contributed by atoms with E-state index >= 15 is 0 Å². The SMILES string of the molecule is COc1cc(C(=O)N2CCN(CC3CCN(NC(=O)O)CC3)CC2)ccc1N1CCC(=O)NC1=O. The zero-order valence-electron chi connectivity index (χ0n) is 19.9. The van der Waals surface area contributed by atoms with Crippen LogP contribution >= 0.6 is 0 Å². The van der Waals surface area contributed by atoms with Crippen molar-refractivity contribution < 1.29 is 29.0 Å². The number of hydrogen-bond acceptors (Lipinski definition) is 7. The lowest BCUT2D eigenvalue weighted by molar-refractivity contribution is -0.120. The molecule has 3 saturated heterocycles. The van der Waals surface area contributed by atoms with Crippen LogP contribution in [0, 0.1) is 5.92 Å². The summed E-state index contributed by atoms with van der Waals surface area (Å²) >= 11 is 0. The molecule has 3 heterocycles. The van der Waals surface area contributed by atoms with Gasteiger partial charge in [-0.1, -0.05) is 0 Å².